The van der Waals surface area contributed by atoms with Gasteiger partial charge in [0.05, 0.1) is 13.2 Å². The predicted octanol–water partition coefficient (Wildman–Crippen LogP) is 12.8. The van der Waals surface area contributed by atoms with Crippen molar-refractivity contribution in [2.75, 3.05) is 19.8 Å². The van der Waals surface area contributed by atoms with E-state index in [0.717, 1.165) is 57.8 Å². The maximum Gasteiger partial charge on any atom is 0.472 e. The van der Waals surface area contributed by atoms with Crippen LogP contribution in [0.15, 0.2) is 12.2 Å². The van der Waals surface area contributed by atoms with E-state index in [1.807, 2.05) is 0 Å². The number of aliphatic hydroxyl groups is 1. The number of nitrogens with one attached hydrogen (secondary N) is 1. The summed E-state index contributed by atoms with van der Waals surface area (Å²) in [6.45, 7) is 2.62. The monoisotopic (exact) mass is 860 g/mol. The van der Waals surface area contributed by atoms with E-state index in [1.165, 1.54) is 141 Å². The maximum atomic E-state index is 12.3. The van der Waals surface area contributed by atoms with E-state index in [4.69, 9.17) is 13.8 Å². The Morgan fingerprint density at radius 3 is 1.29 bits per heavy atom. The number of carbonyl (C=O) groups excluding carboxylic acids is 2. The van der Waals surface area contributed by atoms with Crippen LogP contribution in [0.25, 0.3) is 0 Å². The summed E-state index contributed by atoms with van der Waals surface area (Å²) in [7, 11) is -4.75. The minimum Gasteiger partial charge on any atom is -0.480 e. The number of carboxylic acid groups (broad SMARTS) is 1. The second-order valence-electron chi connectivity index (χ2n) is 16.7. The van der Waals surface area contributed by atoms with Crippen LogP contribution in [-0.2, 0) is 32.7 Å². The molecule has 0 aromatic heterocycles. The van der Waals surface area contributed by atoms with E-state index in [1.54, 1.807) is 0 Å². The van der Waals surface area contributed by atoms with Crippen molar-refractivity contribution >= 4 is 25.7 Å². The van der Waals surface area contributed by atoms with E-state index in [9.17, 15) is 34.1 Å². The first-order valence-electron chi connectivity index (χ1n) is 24.2. The fourth-order valence-corrected chi connectivity index (χ4v) is 7.79. The average Bonchev–Trinajstić information content (AvgIpc) is 3.21. The van der Waals surface area contributed by atoms with Crippen LogP contribution in [0.1, 0.15) is 239 Å². The highest BCUT2D eigenvalue weighted by atomic mass is 31.2. The molecule has 12 heteroatoms. The zero-order chi connectivity index (χ0) is 43.5. The number of phosphoric ester groups is 1. The molecule has 0 aromatic carbocycles. The summed E-state index contributed by atoms with van der Waals surface area (Å²) in [6.07, 6.45) is 43.7. The minimum atomic E-state index is -4.75. The highest BCUT2D eigenvalue weighted by Crippen LogP contribution is 2.43. The van der Waals surface area contributed by atoms with Crippen LogP contribution in [-0.4, -0.2) is 64.9 Å². The first-order chi connectivity index (χ1) is 28.6. The van der Waals surface area contributed by atoms with Crippen LogP contribution in [0.4, 0.5) is 0 Å². The van der Waals surface area contributed by atoms with Crippen LogP contribution < -0.4 is 5.32 Å². The van der Waals surface area contributed by atoms with E-state index >= 15 is 0 Å². The number of carbonyl (C=O) groups is 3. The fourth-order valence-electron chi connectivity index (χ4n) is 7.02. The topological polar surface area (TPSA) is 169 Å². The van der Waals surface area contributed by atoms with Crippen molar-refractivity contribution in [1.29, 1.82) is 0 Å². The summed E-state index contributed by atoms with van der Waals surface area (Å²) in [5.41, 5.74) is 0. The Bertz CT molecular complexity index is 1060. The lowest BCUT2D eigenvalue weighted by Gasteiger charge is -2.18. The van der Waals surface area contributed by atoms with Gasteiger partial charge < -0.3 is 25.2 Å². The molecule has 0 aliphatic carbocycles. The first kappa shape index (κ1) is 57.2. The zero-order valence-corrected chi connectivity index (χ0v) is 38.7. The Morgan fingerprint density at radius 2 is 0.881 bits per heavy atom. The summed E-state index contributed by atoms with van der Waals surface area (Å²) in [6, 6.07) is -1.54. The molecule has 0 spiro atoms. The predicted molar refractivity (Wildman–Crippen MR) is 240 cm³/mol. The molecule has 1 amide bonds. The summed E-state index contributed by atoms with van der Waals surface area (Å²) in [4.78, 5) is 46.0. The van der Waals surface area contributed by atoms with Gasteiger partial charge in [0.25, 0.3) is 0 Å². The molecule has 0 radical (unpaired) electrons. The number of esters is 1. The normalized spacial score (nSPS) is 13.7. The molecular formula is C47H90NO10P. The molecule has 3 unspecified atom stereocenters. The van der Waals surface area contributed by atoms with Gasteiger partial charge in [-0.05, 0) is 38.5 Å². The number of ether oxygens (including phenoxy) is 1. The Hall–Kier alpha value is -1.78. The van der Waals surface area contributed by atoms with Crippen molar-refractivity contribution in [3.63, 3.8) is 0 Å². The number of aliphatic carboxylic acids is 1. The highest BCUT2D eigenvalue weighted by molar-refractivity contribution is 7.47. The van der Waals surface area contributed by atoms with Gasteiger partial charge in [-0.2, -0.15) is 0 Å². The molecule has 4 N–H and O–H groups in total. The van der Waals surface area contributed by atoms with Crippen molar-refractivity contribution in [1.82, 2.24) is 5.32 Å². The molecule has 0 fully saturated rings. The van der Waals surface area contributed by atoms with Crippen molar-refractivity contribution in [2.45, 2.75) is 251 Å². The van der Waals surface area contributed by atoms with Crippen LogP contribution in [0.5, 0.6) is 0 Å². The molecular weight excluding hydrogens is 769 g/mol. The van der Waals surface area contributed by atoms with Gasteiger partial charge in [-0.3, -0.25) is 18.6 Å². The average molecular weight is 860 g/mol. The summed E-state index contributed by atoms with van der Waals surface area (Å²) < 4.78 is 26.9. The number of amides is 1. The quantitative estimate of drug-likeness (QED) is 0.0200. The molecule has 0 aromatic rings. The molecule has 11 nitrogen and oxygen atoms in total. The number of hydrogen-bond donors (Lipinski definition) is 4. The van der Waals surface area contributed by atoms with E-state index < -0.39 is 57.6 Å². The summed E-state index contributed by atoms with van der Waals surface area (Å²) >= 11 is 0. The van der Waals surface area contributed by atoms with Crippen LogP contribution >= 0.6 is 7.82 Å². The van der Waals surface area contributed by atoms with Gasteiger partial charge >= 0.3 is 19.8 Å². The maximum absolute atomic E-state index is 12.3. The third-order valence-electron chi connectivity index (χ3n) is 10.8. The summed E-state index contributed by atoms with van der Waals surface area (Å²) in [5, 5.41) is 21.9. The number of carboxylic acids is 1. The Labute approximate surface area is 360 Å². The lowest BCUT2D eigenvalue weighted by molar-refractivity contribution is -0.147. The third kappa shape index (κ3) is 42.7. The van der Waals surface area contributed by atoms with Gasteiger partial charge in [0.1, 0.15) is 12.7 Å². The minimum absolute atomic E-state index is 0.151. The second-order valence-corrected chi connectivity index (χ2v) is 18.1. The highest BCUT2D eigenvalue weighted by Gasteiger charge is 2.28. The fraction of sp³-hybridized carbons (Fsp3) is 0.894. The Morgan fingerprint density at radius 1 is 0.525 bits per heavy atom. The van der Waals surface area contributed by atoms with E-state index in [-0.39, 0.29) is 12.8 Å². The molecule has 0 bridgehead atoms. The molecule has 0 rings (SSSR count). The summed E-state index contributed by atoms with van der Waals surface area (Å²) in [5.74, 6) is -2.36. The number of rotatable bonds is 46. The van der Waals surface area contributed by atoms with Gasteiger partial charge in [0.15, 0.2) is 6.04 Å². The molecule has 3 atom stereocenters. The molecule has 348 valence electrons. The standard InChI is InChI=1S/C47H90NO10P/c1-3-5-7-9-11-13-15-17-19-20-21-22-23-25-26-28-30-32-34-36-38-45(50)48-44(47(52)53)42-58-59(54,55)57-41-43(49)40-56-46(51)39-37-35-33-31-29-27-24-18-16-14-12-10-8-6-4-2/h18,24,43-44,49H,3-17,19-23,25-42H2,1-2H3,(H,48,50)(H,52,53)(H,54,55)/b24-18-. The molecule has 0 heterocycles. The SMILES string of the molecule is CCCCCCCC/C=C\CCCCCCCC(=O)OCC(O)COP(=O)(O)OCC(NC(=O)CCCCCCCCCCCCCCCCCCCCCC)C(=O)O. The van der Waals surface area contributed by atoms with E-state index in [2.05, 4.69) is 31.3 Å². The number of hydrogen-bond acceptors (Lipinski definition) is 8. The second kappa shape index (κ2) is 42.9. The first-order valence-corrected chi connectivity index (χ1v) is 25.7. The zero-order valence-electron chi connectivity index (χ0n) is 37.8. The van der Waals surface area contributed by atoms with Crippen molar-refractivity contribution in [3.05, 3.63) is 12.2 Å². The lowest BCUT2D eigenvalue weighted by Crippen LogP contribution is -2.43. The number of aliphatic hydroxyl groups excluding tert-OH is 1. The van der Waals surface area contributed by atoms with Crippen molar-refractivity contribution < 1.29 is 47.8 Å². The van der Waals surface area contributed by atoms with Crippen molar-refractivity contribution in [2.24, 2.45) is 0 Å². The van der Waals surface area contributed by atoms with Gasteiger partial charge in [0.2, 0.25) is 5.91 Å². The van der Waals surface area contributed by atoms with Gasteiger partial charge in [-0.15, -0.1) is 0 Å². The molecule has 0 saturated heterocycles. The van der Waals surface area contributed by atoms with Crippen molar-refractivity contribution in [3.8, 4) is 0 Å². The third-order valence-corrected chi connectivity index (χ3v) is 11.8. The van der Waals surface area contributed by atoms with Crippen LogP contribution in [0.2, 0.25) is 0 Å². The van der Waals surface area contributed by atoms with Gasteiger partial charge in [-0.25, -0.2) is 9.36 Å². The number of allylic oxidation sites excluding steroid dienone is 2. The molecule has 59 heavy (non-hydrogen) atoms. The van der Waals surface area contributed by atoms with Crippen LogP contribution in [0, 0.1) is 0 Å². The van der Waals surface area contributed by atoms with Gasteiger partial charge in [-0.1, -0.05) is 199 Å². The Balaban J connectivity index is 3.83. The lowest BCUT2D eigenvalue weighted by atomic mass is 10.0. The smallest absolute Gasteiger partial charge is 0.472 e. The van der Waals surface area contributed by atoms with Gasteiger partial charge in [0, 0.05) is 12.8 Å². The molecule has 0 aliphatic heterocycles. The van der Waals surface area contributed by atoms with E-state index in [0.29, 0.717) is 12.8 Å². The Kier molecular flexibility index (Phi) is 41.6. The number of unbranched alkanes of at least 4 members (excludes halogenated alkanes) is 30. The largest absolute Gasteiger partial charge is 0.480 e. The number of phosphoric acid groups is 1. The molecule has 0 aliphatic rings. The molecule has 0 saturated carbocycles. The van der Waals surface area contributed by atoms with Crippen LogP contribution in [0.3, 0.4) is 0 Å².